The summed E-state index contributed by atoms with van der Waals surface area (Å²) in [5.74, 6) is 1.53. The third kappa shape index (κ3) is 3.76. The van der Waals surface area contributed by atoms with E-state index >= 15 is 0 Å². The summed E-state index contributed by atoms with van der Waals surface area (Å²) < 4.78 is 10.9. The standard InChI is InChI=1S/C18H22O3/c1-4-11-21-15-8-6-14(7-9-15)18(19)16-10-5-13(2)12-17(16)20-3/h5-10,12,18-19H,4,11H2,1-3H3. The first kappa shape index (κ1) is 15.4. The molecule has 0 aliphatic rings. The second-order valence-corrected chi connectivity index (χ2v) is 5.07. The normalized spacial score (nSPS) is 12.0. The minimum atomic E-state index is -0.708. The Hall–Kier alpha value is -2.00. The van der Waals surface area contributed by atoms with Gasteiger partial charge in [-0.25, -0.2) is 0 Å². The fourth-order valence-corrected chi connectivity index (χ4v) is 2.19. The Morgan fingerprint density at radius 3 is 2.43 bits per heavy atom. The highest BCUT2D eigenvalue weighted by Gasteiger charge is 2.15. The quantitative estimate of drug-likeness (QED) is 0.876. The molecule has 1 N–H and O–H groups in total. The molecule has 0 heterocycles. The van der Waals surface area contributed by atoms with Crippen LogP contribution < -0.4 is 9.47 Å². The molecule has 1 unspecified atom stereocenters. The number of aryl methyl sites for hydroxylation is 1. The molecule has 0 bridgehead atoms. The van der Waals surface area contributed by atoms with Gasteiger partial charge in [0.25, 0.3) is 0 Å². The number of benzene rings is 2. The summed E-state index contributed by atoms with van der Waals surface area (Å²) >= 11 is 0. The number of methoxy groups -OCH3 is 1. The number of ether oxygens (including phenoxy) is 2. The molecule has 0 spiro atoms. The fraction of sp³-hybridized carbons (Fsp3) is 0.333. The predicted octanol–water partition coefficient (Wildman–Crippen LogP) is 3.87. The molecular weight excluding hydrogens is 264 g/mol. The first-order valence-corrected chi connectivity index (χ1v) is 7.21. The molecule has 2 rings (SSSR count). The van der Waals surface area contributed by atoms with Gasteiger partial charge in [-0.15, -0.1) is 0 Å². The van der Waals surface area contributed by atoms with Crippen molar-refractivity contribution in [3.05, 3.63) is 59.2 Å². The lowest BCUT2D eigenvalue weighted by molar-refractivity contribution is 0.214. The van der Waals surface area contributed by atoms with Crippen molar-refractivity contribution in [3.63, 3.8) is 0 Å². The number of aliphatic hydroxyl groups is 1. The molecule has 3 nitrogen and oxygen atoms in total. The van der Waals surface area contributed by atoms with Crippen LogP contribution in [0.4, 0.5) is 0 Å². The van der Waals surface area contributed by atoms with Gasteiger partial charge in [0.1, 0.15) is 17.6 Å². The monoisotopic (exact) mass is 286 g/mol. The van der Waals surface area contributed by atoms with Crippen LogP contribution in [0.2, 0.25) is 0 Å². The van der Waals surface area contributed by atoms with Crippen LogP contribution in [0.3, 0.4) is 0 Å². The van der Waals surface area contributed by atoms with Gasteiger partial charge < -0.3 is 14.6 Å². The van der Waals surface area contributed by atoms with Crippen LogP contribution in [-0.2, 0) is 0 Å². The van der Waals surface area contributed by atoms with E-state index in [2.05, 4.69) is 6.92 Å². The van der Waals surface area contributed by atoms with Gasteiger partial charge in [-0.05, 0) is 42.7 Å². The van der Waals surface area contributed by atoms with Gasteiger partial charge >= 0.3 is 0 Å². The van der Waals surface area contributed by atoms with Crippen LogP contribution in [-0.4, -0.2) is 18.8 Å². The van der Waals surface area contributed by atoms with Gasteiger partial charge in [-0.2, -0.15) is 0 Å². The molecule has 0 aliphatic carbocycles. The van der Waals surface area contributed by atoms with Gasteiger partial charge in [0, 0.05) is 5.56 Å². The van der Waals surface area contributed by atoms with E-state index in [1.807, 2.05) is 49.4 Å². The molecule has 0 saturated carbocycles. The Bertz CT molecular complexity index is 576. The van der Waals surface area contributed by atoms with Crippen LogP contribution in [0, 0.1) is 6.92 Å². The van der Waals surface area contributed by atoms with Crippen LogP contribution in [0.25, 0.3) is 0 Å². The van der Waals surface area contributed by atoms with E-state index in [1.165, 1.54) is 0 Å². The topological polar surface area (TPSA) is 38.7 Å². The first-order chi connectivity index (χ1) is 10.2. The molecular formula is C18H22O3. The highest BCUT2D eigenvalue weighted by molar-refractivity contribution is 5.43. The summed E-state index contributed by atoms with van der Waals surface area (Å²) in [4.78, 5) is 0. The van der Waals surface area contributed by atoms with Gasteiger partial charge in [0.15, 0.2) is 0 Å². The molecule has 0 fully saturated rings. The van der Waals surface area contributed by atoms with Gasteiger partial charge in [-0.3, -0.25) is 0 Å². The van der Waals surface area contributed by atoms with Crippen LogP contribution in [0.5, 0.6) is 11.5 Å². The molecule has 2 aromatic rings. The van der Waals surface area contributed by atoms with Crippen LogP contribution in [0.1, 0.15) is 36.1 Å². The molecule has 1 atom stereocenters. The molecule has 2 aromatic carbocycles. The average Bonchev–Trinajstić information content (AvgIpc) is 2.52. The Kier molecular flexibility index (Phi) is 5.23. The molecule has 0 amide bonds. The maximum Gasteiger partial charge on any atom is 0.125 e. The lowest BCUT2D eigenvalue weighted by Crippen LogP contribution is -2.03. The Morgan fingerprint density at radius 2 is 1.81 bits per heavy atom. The number of rotatable bonds is 6. The van der Waals surface area contributed by atoms with Crippen molar-refractivity contribution < 1.29 is 14.6 Å². The number of hydrogen-bond donors (Lipinski definition) is 1. The molecule has 21 heavy (non-hydrogen) atoms. The summed E-state index contributed by atoms with van der Waals surface area (Å²) in [5, 5.41) is 10.5. The Labute approximate surface area is 126 Å². The van der Waals surface area contributed by atoms with Crippen LogP contribution >= 0.6 is 0 Å². The van der Waals surface area contributed by atoms with Gasteiger partial charge in [-0.1, -0.05) is 31.2 Å². The van der Waals surface area contributed by atoms with E-state index < -0.39 is 6.10 Å². The van der Waals surface area contributed by atoms with E-state index in [-0.39, 0.29) is 0 Å². The Morgan fingerprint density at radius 1 is 1.10 bits per heavy atom. The minimum absolute atomic E-state index is 0.702. The third-order valence-electron chi connectivity index (χ3n) is 3.35. The molecule has 0 aromatic heterocycles. The summed E-state index contributed by atoms with van der Waals surface area (Å²) in [6.07, 6.45) is 0.270. The summed E-state index contributed by atoms with van der Waals surface area (Å²) in [5.41, 5.74) is 2.69. The zero-order chi connectivity index (χ0) is 15.2. The average molecular weight is 286 g/mol. The van der Waals surface area contributed by atoms with Crippen molar-refractivity contribution in [2.75, 3.05) is 13.7 Å². The van der Waals surface area contributed by atoms with E-state index in [0.29, 0.717) is 12.4 Å². The third-order valence-corrected chi connectivity index (χ3v) is 3.35. The smallest absolute Gasteiger partial charge is 0.125 e. The molecule has 3 heteroatoms. The first-order valence-electron chi connectivity index (χ1n) is 7.21. The van der Waals surface area contributed by atoms with Crippen molar-refractivity contribution >= 4 is 0 Å². The number of hydrogen-bond acceptors (Lipinski definition) is 3. The number of aliphatic hydroxyl groups excluding tert-OH is 1. The van der Waals surface area contributed by atoms with Gasteiger partial charge in [0.05, 0.1) is 13.7 Å². The lowest BCUT2D eigenvalue weighted by Gasteiger charge is -2.16. The predicted molar refractivity (Wildman–Crippen MR) is 84.0 cm³/mol. The second-order valence-electron chi connectivity index (χ2n) is 5.07. The zero-order valence-electron chi connectivity index (χ0n) is 12.8. The van der Waals surface area contributed by atoms with Crippen molar-refractivity contribution in [2.45, 2.75) is 26.4 Å². The zero-order valence-corrected chi connectivity index (χ0v) is 12.8. The summed E-state index contributed by atoms with van der Waals surface area (Å²) in [6.45, 7) is 4.77. The Balaban J connectivity index is 2.21. The van der Waals surface area contributed by atoms with E-state index in [9.17, 15) is 5.11 Å². The fourth-order valence-electron chi connectivity index (χ4n) is 2.19. The molecule has 0 aliphatic heterocycles. The minimum Gasteiger partial charge on any atom is -0.496 e. The summed E-state index contributed by atoms with van der Waals surface area (Å²) in [7, 11) is 1.62. The largest absolute Gasteiger partial charge is 0.496 e. The molecule has 0 saturated heterocycles. The highest BCUT2D eigenvalue weighted by Crippen LogP contribution is 2.31. The van der Waals surface area contributed by atoms with Gasteiger partial charge in [0.2, 0.25) is 0 Å². The maximum atomic E-state index is 10.5. The van der Waals surface area contributed by atoms with E-state index in [4.69, 9.17) is 9.47 Å². The SMILES string of the molecule is CCCOc1ccc(C(O)c2ccc(C)cc2OC)cc1. The second kappa shape index (κ2) is 7.14. The molecule has 0 radical (unpaired) electrons. The molecule has 112 valence electrons. The van der Waals surface area contributed by atoms with Crippen molar-refractivity contribution in [1.29, 1.82) is 0 Å². The maximum absolute atomic E-state index is 10.5. The van der Waals surface area contributed by atoms with Crippen molar-refractivity contribution in [3.8, 4) is 11.5 Å². The summed E-state index contributed by atoms with van der Waals surface area (Å²) in [6, 6.07) is 13.3. The van der Waals surface area contributed by atoms with E-state index in [1.54, 1.807) is 7.11 Å². The highest BCUT2D eigenvalue weighted by atomic mass is 16.5. The van der Waals surface area contributed by atoms with Crippen LogP contribution in [0.15, 0.2) is 42.5 Å². The lowest BCUT2D eigenvalue weighted by atomic mass is 9.99. The van der Waals surface area contributed by atoms with Crippen molar-refractivity contribution in [1.82, 2.24) is 0 Å². The van der Waals surface area contributed by atoms with E-state index in [0.717, 1.165) is 28.9 Å². The van der Waals surface area contributed by atoms with Crippen molar-refractivity contribution in [2.24, 2.45) is 0 Å².